The minimum Gasteiger partial charge on any atom is -0.390 e. The zero-order valence-corrected chi connectivity index (χ0v) is 13.9. The molecule has 1 aliphatic rings. The van der Waals surface area contributed by atoms with Gasteiger partial charge in [-0.3, -0.25) is 14.1 Å². The molecule has 0 aliphatic carbocycles. The zero-order chi connectivity index (χ0) is 17.5. The van der Waals surface area contributed by atoms with Crippen LogP contribution in [0.4, 0.5) is 0 Å². The number of aliphatic hydroxyl groups excluding tert-OH is 1. The quantitative estimate of drug-likeness (QED) is 0.593. The van der Waals surface area contributed by atoms with E-state index < -0.39 is 32.9 Å². The van der Waals surface area contributed by atoms with Crippen molar-refractivity contribution < 1.29 is 28.7 Å². The van der Waals surface area contributed by atoms with Crippen LogP contribution in [0, 0.1) is 0 Å². The van der Waals surface area contributed by atoms with Crippen LogP contribution < -0.4 is 5.49 Å². The maximum Gasteiger partial charge on any atom is 0.469 e. The van der Waals surface area contributed by atoms with Crippen LogP contribution in [0.1, 0.15) is 12.6 Å². The Balaban J connectivity index is 1.86. The summed E-state index contributed by atoms with van der Waals surface area (Å²) in [4.78, 5) is 30.3. The minimum atomic E-state index is -4.62. The van der Waals surface area contributed by atoms with Crippen molar-refractivity contribution in [2.24, 2.45) is 12.0 Å². The predicted octanol–water partition coefficient (Wildman–Crippen LogP) is -0.942. The molecule has 0 bridgehead atoms. The van der Waals surface area contributed by atoms with Gasteiger partial charge in [-0.2, -0.15) is 0 Å². The molecule has 0 saturated carbocycles. The Morgan fingerprint density at radius 1 is 1.46 bits per heavy atom. The third-order valence-corrected chi connectivity index (χ3v) is 4.29. The lowest BCUT2D eigenvalue weighted by Gasteiger charge is -2.16. The second-order valence-electron chi connectivity index (χ2n) is 5.45. The van der Waals surface area contributed by atoms with Gasteiger partial charge < -0.3 is 24.2 Å². The van der Waals surface area contributed by atoms with Crippen LogP contribution >= 0.6 is 7.82 Å². The fraction of sp³-hybridized carbons (Fsp3) is 0.583. The van der Waals surface area contributed by atoms with E-state index in [1.165, 1.54) is 6.33 Å². The molecule has 1 fully saturated rings. The van der Waals surface area contributed by atoms with E-state index >= 15 is 0 Å². The number of phosphoric acid groups is 1. The molecule has 3 rings (SSSR count). The molecule has 12 heteroatoms. The second-order valence-corrected chi connectivity index (χ2v) is 6.68. The first-order valence-corrected chi connectivity index (χ1v) is 8.68. The summed E-state index contributed by atoms with van der Waals surface area (Å²) in [6.45, 7) is -0.410. The fourth-order valence-electron chi connectivity index (χ4n) is 2.68. The van der Waals surface area contributed by atoms with E-state index in [1.54, 1.807) is 29.6 Å². The van der Waals surface area contributed by atoms with Crippen molar-refractivity contribution in [2.45, 2.75) is 24.9 Å². The number of imidazole rings is 1. The molecule has 2 aromatic rings. The third-order valence-electron chi connectivity index (χ3n) is 3.80. The van der Waals surface area contributed by atoms with Gasteiger partial charge in [-0.15, -0.1) is 0 Å². The smallest absolute Gasteiger partial charge is 0.390 e. The lowest BCUT2D eigenvalue weighted by Crippen LogP contribution is -2.25. The molecule has 3 heterocycles. The van der Waals surface area contributed by atoms with Crippen LogP contribution in [0.15, 0.2) is 17.6 Å². The number of rotatable bonds is 4. The number of aliphatic hydroxyl groups is 1. The topological polar surface area (TPSA) is 144 Å². The van der Waals surface area contributed by atoms with E-state index in [0.29, 0.717) is 16.7 Å². The number of hydrogen-bond acceptors (Lipinski definition) is 7. The Hall–Kier alpha value is -1.62. The summed E-state index contributed by atoms with van der Waals surface area (Å²) in [5, 5.41) is 10.0. The van der Waals surface area contributed by atoms with Crippen LogP contribution in [-0.4, -0.2) is 59.9 Å². The van der Waals surface area contributed by atoms with Crippen molar-refractivity contribution in [2.75, 3.05) is 13.7 Å². The molecule has 11 nitrogen and oxygen atoms in total. The molecule has 0 spiro atoms. The highest BCUT2D eigenvalue weighted by Gasteiger charge is 2.37. The first-order chi connectivity index (χ1) is 11.3. The van der Waals surface area contributed by atoms with Gasteiger partial charge in [-0.25, -0.2) is 14.5 Å². The van der Waals surface area contributed by atoms with Crippen molar-refractivity contribution in [3.05, 3.63) is 18.1 Å². The lowest BCUT2D eigenvalue weighted by molar-refractivity contribution is -0.0424. The summed E-state index contributed by atoms with van der Waals surface area (Å²) in [7, 11) is -1.16. The summed E-state index contributed by atoms with van der Waals surface area (Å²) >= 11 is 0. The van der Waals surface area contributed by atoms with E-state index in [0.717, 1.165) is 0 Å². The molecule has 3 N–H and O–H groups in total. The van der Waals surface area contributed by atoms with Crippen molar-refractivity contribution in [1.82, 2.24) is 19.1 Å². The molecule has 132 valence electrons. The summed E-state index contributed by atoms with van der Waals surface area (Å²) in [6, 6.07) is 0. The van der Waals surface area contributed by atoms with Gasteiger partial charge in [0, 0.05) is 20.5 Å². The molecule has 0 aromatic carbocycles. The van der Waals surface area contributed by atoms with E-state index in [-0.39, 0.29) is 6.42 Å². The van der Waals surface area contributed by atoms with Crippen LogP contribution in [0.25, 0.3) is 11.2 Å². The Morgan fingerprint density at radius 3 is 2.88 bits per heavy atom. The number of aryl methyl sites for hydroxylation is 1. The van der Waals surface area contributed by atoms with Gasteiger partial charge in [0.15, 0.2) is 16.7 Å². The number of ether oxygens (including phenoxy) is 1. The predicted molar refractivity (Wildman–Crippen MR) is 80.5 cm³/mol. The average Bonchev–Trinajstić information content (AvgIpc) is 3.07. The summed E-state index contributed by atoms with van der Waals surface area (Å²) in [5.74, 6) is 0. The van der Waals surface area contributed by atoms with Crippen LogP contribution in [-0.2, 0) is 20.9 Å². The SMILES string of the molecule is CN=c1c2ncn([C@H]3C[C@H](O)[C@@H](COP(=O)(O)O)O3)c2ncn1C. The van der Waals surface area contributed by atoms with Gasteiger partial charge in [-0.1, -0.05) is 0 Å². The summed E-state index contributed by atoms with van der Waals surface area (Å²) in [5.41, 5.74) is 1.79. The Kier molecular flexibility index (Phi) is 4.56. The van der Waals surface area contributed by atoms with Gasteiger partial charge in [0.25, 0.3) is 0 Å². The van der Waals surface area contributed by atoms with E-state index in [2.05, 4.69) is 19.5 Å². The second kappa shape index (κ2) is 6.36. The molecule has 0 unspecified atom stereocenters. The number of hydrogen-bond donors (Lipinski definition) is 3. The molecule has 2 aromatic heterocycles. The monoisotopic (exact) mass is 359 g/mol. The Morgan fingerprint density at radius 2 is 2.21 bits per heavy atom. The largest absolute Gasteiger partial charge is 0.469 e. The van der Waals surface area contributed by atoms with E-state index in [4.69, 9.17) is 14.5 Å². The van der Waals surface area contributed by atoms with Gasteiger partial charge in [0.2, 0.25) is 0 Å². The first-order valence-electron chi connectivity index (χ1n) is 7.14. The van der Waals surface area contributed by atoms with Crippen molar-refractivity contribution in [3.8, 4) is 0 Å². The molecule has 0 amide bonds. The maximum atomic E-state index is 10.8. The van der Waals surface area contributed by atoms with E-state index in [1.807, 2.05) is 0 Å². The van der Waals surface area contributed by atoms with Crippen LogP contribution in [0.3, 0.4) is 0 Å². The number of aromatic nitrogens is 4. The highest BCUT2D eigenvalue weighted by Crippen LogP contribution is 2.38. The number of phosphoric ester groups is 1. The third kappa shape index (κ3) is 3.27. The maximum absolute atomic E-state index is 10.8. The van der Waals surface area contributed by atoms with Crippen LogP contribution in [0.5, 0.6) is 0 Å². The highest BCUT2D eigenvalue weighted by molar-refractivity contribution is 7.46. The first kappa shape index (κ1) is 17.2. The number of fused-ring (bicyclic) bond motifs is 1. The molecular formula is C12H18N5O6P. The Labute approximate surface area is 136 Å². The average molecular weight is 359 g/mol. The minimum absolute atomic E-state index is 0.224. The molecule has 3 atom stereocenters. The highest BCUT2D eigenvalue weighted by atomic mass is 31.2. The summed E-state index contributed by atoms with van der Waals surface area (Å²) in [6.07, 6.45) is 1.02. The van der Waals surface area contributed by atoms with Gasteiger partial charge >= 0.3 is 7.82 Å². The Bertz CT molecular complexity index is 857. The van der Waals surface area contributed by atoms with Crippen molar-refractivity contribution in [3.63, 3.8) is 0 Å². The molecule has 24 heavy (non-hydrogen) atoms. The fourth-order valence-corrected chi connectivity index (χ4v) is 3.03. The normalized spacial score (nSPS) is 25.7. The standard InChI is InChI=1S/C12H18N5O6P/c1-13-11-10-12(15-5-16(11)2)17(6-14-10)9-3-7(18)8(23-9)4-22-24(19,20)21/h5-9,18H,3-4H2,1-2H3,(H2,19,20,21)/t7-,8+,9+/m0/s1. The van der Waals surface area contributed by atoms with Gasteiger partial charge in [0.05, 0.1) is 25.4 Å². The van der Waals surface area contributed by atoms with Crippen molar-refractivity contribution >= 4 is 19.0 Å². The lowest BCUT2D eigenvalue weighted by atomic mass is 10.2. The molecule has 0 radical (unpaired) electrons. The van der Waals surface area contributed by atoms with Crippen LogP contribution in [0.2, 0.25) is 0 Å². The molecular weight excluding hydrogens is 341 g/mol. The van der Waals surface area contributed by atoms with Gasteiger partial charge in [0.1, 0.15) is 12.3 Å². The zero-order valence-electron chi connectivity index (χ0n) is 13.1. The number of nitrogens with zero attached hydrogens (tertiary/aromatic N) is 5. The van der Waals surface area contributed by atoms with Gasteiger partial charge in [-0.05, 0) is 0 Å². The molecule has 1 aliphatic heterocycles. The summed E-state index contributed by atoms with van der Waals surface area (Å²) < 4.78 is 24.2. The van der Waals surface area contributed by atoms with E-state index in [9.17, 15) is 9.67 Å². The van der Waals surface area contributed by atoms with Crippen molar-refractivity contribution in [1.29, 1.82) is 0 Å². The molecule has 1 saturated heterocycles.